The van der Waals surface area contributed by atoms with Crippen molar-refractivity contribution in [2.45, 2.75) is 6.61 Å². The van der Waals surface area contributed by atoms with Gasteiger partial charge in [-0.05, 0) is 42.5 Å². The quantitative estimate of drug-likeness (QED) is 0.591. The van der Waals surface area contributed by atoms with Gasteiger partial charge in [-0.15, -0.1) is 10.2 Å². The molecule has 32 heavy (non-hydrogen) atoms. The molecule has 1 N–H and O–H groups in total. The second kappa shape index (κ2) is 10.1. The highest BCUT2D eigenvalue weighted by Crippen LogP contribution is 2.22. The lowest BCUT2D eigenvalue weighted by atomic mass is 10.1. The van der Waals surface area contributed by atoms with Crippen LogP contribution in [0.5, 0.6) is 0 Å². The van der Waals surface area contributed by atoms with E-state index >= 15 is 0 Å². The van der Waals surface area contributed by atoms with E-state index in [-0.39, 0.29) is 16.8 Å². The Morgan fingerprint density at radius 1 is 1.09 bits per heavy atom. The number of piperazine rings is 1. The van der Waals surface area contributed by atoms with Crippen LogP contribution < -0.4 is 10.2 Å². The number of ether oxygens (including phenoxy) is 1. The van der Waals surface area contributed by atoms with Crippen LogP contribution in [-0.4, -0.2) is 60.2 Å². The Morgan fingerprint density at radius 3 is 2.53 bits per heavy atom. The molecule has 0 radical (unpaired) electrons. The summed E-state index contributed by atoms with van der Waals surface area (Å²) in [6, 6.07) is 14.6. The Kier molecular flexibility index (Phi) is 6.99. The molecule has 3 aromatic rings. The number of nitrogens with one attached hydrogen (secondary N) is 1. The first-order valence-electron chi connectivity index (χ1n) is 10.1. The van der Waals surface area contributed by atoms with E-state index < -0.39 is 0 Å². The molecule has 1 fully saturated rings. The van der Waals surface area contributed by atoms with Gasteiger partial charge in [0.25, 0.3) is 11.8 Å². The highest BCUT2D eigenvalue weighted by Gasteiger charge is 2.22. The Hall–Kier alpha value is -3.01. The molecule has 4 rings (SSSR count). The van der Waals surface area contributed by atoms with Crippen LogP contribution in [0.15, 0.2) is 48.5 Å². The van der Waals surface area contributed by atoms with E-state index in [1.165, 1.54) is 11.3 Å². The van der Waals surface area contributed by atoms with E-state index in [4.69, 9.17) is 16.3 Å². The van der Waals surface area contributed by atoms with E-state index in [0.29, 0.717) is 41.0 Å². The molecule has 10 heteroatoms. The number of hydrogen-bond acceptors (Lipinski definition) is 7. The zero-order valence-corrected chi connectivity index (χ0v) is 19.0. The van der Waals surface area contributed by atoms with E-state index in [1.807, 2.05) is 29.2 Å². The fourth-order valence-electron chi connectivity index (χ4n) is 3.43. The SMILES string of the molecule is COCc1nnc(C(=O)Nc2ccc(C(=O)N3CCN(c4cccc(Cl)c4)CC3)cc2)s1. The van der Waals surface area contributed by atoms with Crippen molar-refractivity contribution in [3.05, 3.63) is 69.1 Å². The minimum Gasteiger partial charge on any atom is -0.377 e. The fourth-order valence-corrected chi connectivity index (χ4v) is 4.32. The van der Waals surface area contributed by atoms with Gasteiger partial charge in [0.05, 0.1) is 6.61 Å². The Bertz CT molecular complexity index is 1100. The number of anilines is 2. The normalized spacial score (nSPS) is 13.8. The molecule has 0 unspecified atom stereocenters. The highest BCUT2D eigenvalue weighted by atomic mass is 35.5. The molecule has 0 atom stereocenters. The van der Waals surface area contributed by atoms with Crippen LogP contribution in [-0.2, 0) is 11.3 Å². The molecule has 0 bridgehead atoms. The fraction of sp³-hybridized carbons (Fsp3) is 0.273. The maximum atomic E-state index is 12.9. The van der Waals surface area contributed by atoms with Gasteiger partial charge < -0.3 is 19.9 Å². The van der Waals surface area contributed by atoms with E-state index in [9.17, 15) is 9.59 Å². The average molecular weight is 472 g/mol. The summed E-state index contributed by atoms with van der Waals surface area (Å²) < 4.78 is 4.99. The average Bonchev–Trinajstić information content (AvgIpc) is 3.28. The molecule has 2 amide bonds. The summed E-state index contributed by atoms with van der Waals surface area (Å²) in [5, 5.41) is 12.2. The standard InChI is InChI=1S/C22H22ClN5O3S/c1-31-14-19-25-26-21(32-19)20(29)24-17-7-5-15(6-8-17)22(30)28-11-9-27(10-12-28)18-4-2-3-16(23)13-18/h2-8,13H,9-12,14H2,1H3,(H,24,29). The molecule has 1 aliphatic rings. The van der Waals surface area contributed by atoms with E-state index in [2.05, 4.69) is 20.4 Å². The molecule has 1 saturated heterocycles. The lowest BCUT2D eigenvalue weighted by Gasteiger charge is -2.36. The van der Waals surface area contributed by atoms with Crippen molar-refractivity contribution in [3.63, 3.8) is 0 Å². The van der Waals surface area contributed by atoms with Gasteiger partial charge in [0.2, 0.25) is 5.01 Å². The van der Waals surface area contributed by atoms with Gasteiger partial charge in [-0.25, -0.2) is 0 Å². The third kappa shape index (κ3) is 5.24. The van der Waals surface area contributed by atoms with Crippen LogP contribution in [0.2, 0.25) is 5.02 Å². The summed E-state index contributed by atoms with van der Waals surface area (Å²) in [6.07, 6.45) is 0. The number of hydrogen-bond donors (Lipinski definition) is 1. The van der Waals surface area contributed by atoms with Crippen LogP contribution in [0, 0.1) is 0 Å². The minimum atomic E-state index is -0.346. The van der Waals surface area contributed by atoms with Gasteiger partial charge in [-0.1, -0.05) is 29.0 Å². The number of aromatic nitrogens is 2. The van der Waals surface area contributed by atoms with E-state index in [1.54, 1.807) is 31.4 Å². The van der Waals surface area contributed by atoms with Crippen molar-refractivity contribution < 1.29 is 14.3 Å². The molecular weight excluding hydrogens is 450 g/mol. The molecule has 0 saturated carbocycles. The Balaban J connectivity index is 1.32. The second-order valence-electron chi connectivity index (χ2n) is 7.22. The van der Waals surface area contributed by atoms with Gasteiger partial charge in [0.1, 0.15) is 5.01 Å². The molecule has 1 aromatic heterocycles. The van der Waals surface area contributed by atoms with Gasteiger partial charge in [-0.3, -0.25) is 9.59 Å². The smallest absolute Gasteiger partial charge is 0.286 e. The number of carbonyl (C=O) groups is 2. The van der Waals surface area contributed by atoms with Gasteiger partial charge >= 0.3 is 0 Å². The van der Waals surface area contributed by atoms with Crippen molar-refractivity contribution in [2.75, 3.05) is 43.5 Å². The predicted molar refractivity (Wildman–Crippen MR) is 125 cm³/mol. The third-order valence-electron chi connectivity index (χ3n) is 5.06. The molecule has 8 nitrogen and oxygen atoms in total. The predicted octanol–water partition coefficient (Wildman–Crippen LogP) is 3.55. The van der Waals surface area contributed by atoms with Crippen molar-refractivity contribution in [2.24, 2.45) is 0 Å². The first kappa shape index (κ1) is 22.2. The maximum absolute atomic E-state index is 12.9. The summed E-state index contributed by atoms with van der Waals surface area (Å²) in [5.74, 6) is -0.372. The van der Waals surface area contributed by atoms with Crippen molar-refractivity contribution in [1.29, 1.82) is 0 Å². The largest absolute Gasteiger partial charge is 0.377 e. The van der Waals surface area contributed by atoms with E-state index in [0.717, 1.165) is 18.8 Å². The number of rotatable bonds is 6. The number of nitrogens with zero attached hydrogens (tertiary/aromatic N) is 4. The molecule has 0 spiro atoms. The Labute approximate surface area is 194 Å². The molecule has 166 valence electrons. The number of halogens is 1. The zero-order chi connectivity index (χ0) is 22.5. The van der Waals surface area contributed by atoms with Crippen LogP contribution in [0.3, 0.4) is 0 Å². The minimum absolute atomic E-state index is 0.0260. The monoisotopic (exact) mass is 471 g/mol. The van der Waals surface area contributed by atoms with Crippen molar-refractivity contribution in [3.8, 4) is 0 Å². The summed E-state index contributed by atoms with van der Waals surface area (Å²) in [6.45, 7) is 3.06. The summed E-state index contributed by atoms with van der Waals surface area (Å²) in [7, 11) is 1.56. The second-order valence-corrected chi connectivity index (χ2v) is 8.72. The van der Waals surface area contributed by atoms with Crippen LogP contribution in [0.1, 0.15) is 25.2 Å². The number of methoxy groups -OCH3 is 1. The maximum Gasteiger partial charge on any atom is 0.286 e. The summed E-state index contributed by atoms with van der Waals surface area (Å²) in [5.41, 5.74) is 2.23. The number of carbonyl (C=O) groups excluding carboxylic acids is 2. The zero-order valence-electron chi connectivity index (χ0n) is 17.5. The third-order valence-corrected chi connectivity index (χ3v) is 6.19. The highest BCUT2D eigenvalue weighted by molar-refractivity contribution is 7.13. The molecule has 2 heterocycles. The first-order valence-corrected chi connectivity index (χ1v) is 11.3. The van der Waals surface area contributed by atoms with Crippen LogP contribution in [0.4, 0.5) is 11.4 Å². The molecule has 2 aromatic carbocycles. The molecular formula is C22H22ClN5O3S. The van der Waals surface area contributed by atoms with Crippen molar-refractivity contribution in [1.82, 2.24) is 15.1 Å². The number of amides is 2. The molecule has 0 aliphatic carbocycles. The lowest BCUT2D eigenvalue weighted by Crippen LogP contribution is -2.48. The lowest BCUT2D eigenvalue weighted by molar-refractivity contribution is 0.0746. The topological polar surface area (TPSA) is 87.7 Å². The Morgan fingerprint density at radius 2 is 1.84 bits per heavy atom. The van der Waals surface area contributed by atoms with Gasteiger partial charge in [0.15, 0.2) is 0 Å². The van der Waals surface area contributed by atoms with Crippen LogP contribution >= 0.6 is 22.9 Å². The van der Waals surface area contributed by atoms with Gasteiger partial charge in [0, 0.05) is 55.2 Å². The number of benzene rings is 2. The summed E-state index contributed by atoms with van der Waals surface area (Å²) >= 11 is 7.27. The van der Waals surface area contributed by atoms with Gasteiger partial charge in [-0.2, -0.15) is 0 Å². The first-order chi connectivity index (χ1) is 15.5. The summed E-state index contributed by atoms with van der Waals surface area (Å²) in [4.78, 5) is 29.3. The van der Waals surface area contributed by atoms with Crippen LogP contribution in [0.25, 0.3) is 0 Å². The van der Waals surface area contributed by atoms with Crippen molar-refractivity contribution >= 4 is 46.1 Å². The molecule has 1 aliphatic heterocycles.